The van der Waals surface area contributed by atoms with Gasteiger partial charge in [0.2, 0.25) is 6.79 Å². The molecule has 1 aromatic carbocycles. The number of nitrogens with one attached hydrogen (secondary N) is 1. The molecule has 3 rings (SSSR count). The summed E-state index contributed by atoms with van der Waals surface area (Å²) in [6.45, 7) is 6.33. The highest BCUT2D eigenvalue weighted by atomic mass is 16.7. The van der Waals surface area contributed by atoms with E-state index in [9.17, 15) is 9.59 Å². The lowest BCUT2D eigenvalue weighted by molar-refractivity contribution is -0.147. The predicted octanol–water partition coefficient (Wildman–Crippen LogP) is 0.976. The van der Waals surface area contributed by atoms with E-state index in [-0.39, 0.29) is 6.79 Å². The Labute approximate surface area is 147 Å². The monoisotopic (exact) mass is 347 g/mol. The molecular weight excluding hydrogens is 322 g/mol. The minimum atomic E-state index is -0.488. The Morgan fingerprint density at radius 2 is 1.88 bits per heavy atom. The molecule has 136 valence electrons. The first kappa shape index (κ1) is 17.5. The summed E-state index contributed by atoms with van der Waals surface area (Å²) in [6.07, 6.45) is 1.88. The number of amides is 2. The van der Waals surface area contributed by atoms with E-state index in [1.807, 2.05) is 25.1 Å². The number of unbranched alkanes of at least 4 members (excludes halogenated alkanes) is 1. The third kappa shape index (κ3) is 4.42. The zero-order valence-corrected chi connectivity index (χ0v) is 14.6. The fraction of sp³-hybridized carbons (Fsp3) is 0.556. The van der Waals surface area contributed by atoms with Crippen LogP contribution in [0, 0.1) is 0 Å². The van der Waals surface area contributed by atoms with Crippen molar-refractivity contribution in [3.63, 3.8) is 0 Å². The number of benzene rings is 1. The van der Waals surface area contributed by atoms with Crippen LogP contribution in [0.25, 0.3) is 0 Å². The smallest absolute Gasteiger partial charge is 0.311 e. The van der Waals surface area contributed by atoms with Crippen LogP contribution in [0.5, 0.6) is 11.5 Å². The normalized spacial score (nSPS) is 16.8. The molecule has 2 aliphatic heterocycles. The quantitative estimate of drug-likeness (QED) is 0.635. The molecule has 0 atom stereocenters. The summed E-state index contributed by atoms with van der Waals surface area (Å²) < 4.78 is 10.7. The summed E-state index contributed by atoms with van der Waals surface area (Å²) >= 11 is 0. The number of carbonyl (C=O) groups excluding carboxylic acids is 2. The van der Waals surface area contributed by atoms with E-state index in [1.54, 1.807) is 4.90 Å². The van der Waals surface area contributed by atoms with Gasteiger partial charge in [-0.2, -0.15) is 0 Å². The zero-order valence-electron chi connectivity index (χ0n) is 14.6. The van der Waals surface area contributed by atoms with Crippen molar-refractivity contribution in [3.05, 3.63) is 23.8 Å². The van der Waals surface area contributed by atoms with Gasteiger partial charge in [0.15, 0.2) is 11.5 Å². The highest BCUT2D eigenvalue weighted by Crippen LogP contribution is 2.32. The van der Waals surface area contributed by atoms with Crippen molar-refractivity contribution in [3.8, 4) is 11.5 Å². The number of nitrogens with zero attached hydrogens (tertiary/aromatic N) is 2. The molecule has 2 heterocycles. The third-order valence-electron chi connectivity index (χ3n) is 4.51. The van der Waals surface area contributed by atoms with Gasteiger partial charge in [-0.05, 0) is 24.1 Å². The molecule has 0 bridgehead atoms. The number of ether oxygens (including phenoxy) is 2. The molecule has 0 aliphatic carbocycles. The van der Waals surface area contributed by atoms with Gasteiger partial charge >= 0.3 is 11.8 Å². The molecule has 1 aromatic rings. The largest absolute Gasteiger partial charge is 0.454 e. The summed E-state index contributed by atoms with van der Waals surface area (Å²) in [7, 11) is 0. The summed E-state index contributed by atoms with van der Waals surface area (Å²) in [5.74, 6) is 0.666. The molecule has 0 unspecified atom stereocenters. The zero-order chi connectivity index (χ0) is 17.6. The van der Waals surface area contributed by atoms with E-state index in [4.69, 9.17) is 9.47 Å². The molecule has 0 radical (unpaired) electrons. The van der Waals surface area contributed by atoms with Crippen LogP contribution in [0.2, 0.25) is 0 Å². The molecule has 7 nitrogen and oxygen atoms in total. The fourth-order valence-corrected chi connectivity index (χ4v) is 3.00. The van der Waals surface area contributed by atoms with Crippen LogP contribution in [0.15, 0.2) is 18.2 Å². The average Bonchev–Trinajstić information content (AvgIpc) is 3.09. The molecule has 1 fully saturated rings. The third-order valence-corrected chi connectivity index (χ3v) is 4.51. The maximum absolute atomic E-state index is 12.2. The van der Waals surface area contributed by atoms with E-state index in [0.717, 1.165) is 49.5 Å². The number of fused-ring (bicyclic) bond motifs is 1. The van der Waals surface area contributed by atoms with Crippen LogP contribution in [0.3, 0.4) is 0 Å². The second-order valence-corrected chi connectivity index (χ2v) is 6.37. The molecule has 2 amide bonds. The van der Waals surface area contributed by atoms with Crippen molar-refractivity contribution in [2.45, 2.75) is 26.3 Å². The molecule has 1 N–H and O–H groups in total. The number of carbonyl (C=O) groups is 2. The Bertz CT molecular complexity index is 627. The number of piperazine rings is 1. The SMILES string of the molecule is CCCCNC(=O)C(=O)N1CCN(Cc2ccc3c(c2)OCO3)CC1. The summed E-state index contributed by atoms with van der Waals surface area (Å²) in [5, 5.41) is 2.69. The second-order valence-electron chi connectivity index (χ2n) is 6.37. The van der Waals surface area contributed by atoms with E-state index >= 15 is 0 Å². The minimum Gasteiger partial charge on any atom is -0.454 e. The molecule has 0 spiro atoms. The summed E-state index contributed by atoms with van der Waals surface area (Å²) in [4.78, 5) is 27.9. The van der Waals surface area contributed by atoms with E-state index in [1.165, 1.54) is 0 Å². The van der Waals surface area contributed by atoms with Crippen molar-refractivity contribution in [1.29, 1.82) is 0 Å². The molecule has 0 saturated carbocycles. The highest BCUT2D eigenvalue weighted by molar-refractivity contribution is 6.35. The first-order valence-electron chi connectivity index (χ1n) is 8.85. The van der Waals surface area contributed by atoms with Crippen LogP contribution >= 0.6 is 0 Å². The maximum Gasteiger partial charge on any atom is 0.311 e. The van der Waals surface area contributed by atoms with Gasteiger partial charge in [-0.25, -0.2) is 0 Å². The minimum absolute atomic E-state index is 0.278. The number of hydrogen-bond acceptors (Lipinski definition) is 5. The second kappa shape index (κ2) is 8.20. The van der Waals surface area contributed by atoms with Crippen molar-refractivity contribution >= 4 is 11.8 Å². The lowest BCUT2D eigenvalue weighted by Crippen LogP contribution is -2.52. The van der Waals surface area contributed by atoms with E-state index in [0.29, 0.717) is 19.6 Å². The van der Waals surface area contributed by atoms with Crippen LogP contribution in [0.1, 0.15) is 25.3 Å². The maximum atomic E-state index is 12.2. The Balaban J connectivity index is 1.45. The van der Waals surface area contributed by atoms with Crippen molar-refractivity contribution in [1.82, 2.24) is 15.1 Å². The summed E-state index contributed by atoms with van der Waals surface area (Å²) in [5.41, 5.74) is 1.15. The van der Waals surface area contributed by atoms with Gasteiger partial charge < -0.3 is 19.7 Å². The van der Waals surface area contributed by atoms with Crippen molar-refractivity contribution < 1.29 is 19.1 Å². The predicted molar refractivity (Wildman–Crippen MR) is 92.3 cm³/mol. The van der Waals surface area contributed by atoms with Crippen LogP contribution in [0.4, 0.5) is 0 Å². The van der Waals surface area contributed by atoms with Crippen molar-refractivity contribution in [2.24, 2.45) is 0 Å². The highest BCUT2D eigenvalue weighted by Gasteiger charge is 2.26. The average molecular weight is 347 g/mol. The van der Waals surface area contributed by atoms with Crippen LogP contribution in [-0.4, -0.2) is 61.1 Å². The van der Waals surface area contributed by atoms with Gasteiger partial charge in [0.25, 0.3) is 0 Å². The molecule has 2 aliphatic rings. The van der Waals surface area contributed by atoms with Gasteiger partial charge in [-0.1, -0.05) is 19.4 Å². The molecular formula is C18H25N3O4. The number of rotatable bonds is 5. The Morgan fingerprint density at radius 1 is 1.12 bits per heavy atom. The summed E-state index contributed by atoms with van der Waals surface area (Å²) in [6, 6.07) is 5.96. The van der Waals surface area contributed by atoms with Gasteiger partial charge in [-0.15, -0.1) is 0 Å². The van der Waals surface area contributed by atoms with Gasteiger partial charge in [0.1, 0.15) is 0 Å². The Morgan fingerprint density at radius 3 is 2.64 bits per heavy atom. The van der Waals surface area contributed by atoms with Crippen LogP contribution in [-0.2, 0) is 16.1 Å². The van der Waals surface area contributed by atoms with Gasteiger partial charge in [-0.3, -0.25) is 14.5 Å². The lowest BCUT2D eigenvalue weighted by atomic mass is 10.1. The molecule has 1 saturated heterocycles. The molecule has 0 aromatic heterocycles. The lowest BCUT2D eigenvalue weighted by Gasteiger charge is -2.34. The first-order valence-corrected chi connectivity index (χ1v) is 8.85. The number of hydrogen-bond donors (Lipinski definition) is 1. The topological polar surface area (TPSA) is 71.1 Å². The van der Waals surface area contributed by atoms with Crippen LogP contribution < -0.4 is 14.8 Å². The van der Waals surface area contributed by atoms with Gasteiger partial charge in [0.05, 0.1) is 0 Å². The fourth-order valence-electron chi connectivity index (χ4n) is 3.00. The van der Waals surface area contributed by atoms with Crippen molar-refractivity contribution in [2.75, 3.05) is 39.5 Å². The Kier molecular flexibility index (Phi) is 5.75. The standard InChI is InChI=1S/C18H25N3O4/c1-2-3-6-19-17(22)18(23)21-9-7-20(8-10-21)12-14-4-5-15-16(11-14)25-13-24-15/h4-5,11H,2-3,6-10,12-13H2,1H3,(H,19,22). The molecule has 7 heteroatoms. The van der Waals surface area contributed by atoms with Gasteiger partial charge in [0, 0.05) is 39.3 Å². The molecule has 25 heavy (non-hydrogen) atoms. The first-order chi connectivity index (χ1) is 12.2. The van der Waals surface area contributed by atoms with E-state index in [2.05, 4.69) is 10.2 Å². The Hall–Kier alpha value is -2.28. The van der Waals surface area contributed by atoms with E-state index < -0.39 is 11.8 Å².